The fourth-order valence-corrected chi connectivity index (χ4v) is 2.13. The van der Waals surface area contributed by atoms with E-state index in [1.165, 1.54) is 0 Å². The average molecular weight is 205 g/mol. The van der Waals surface area contributed by atoms with E-state index in [2.05, 4.69) is 24.1 Å². The van der Waals surface area contributed by atoms with Gasteiger partial charge in [0.05, 0.1) is 5.56 Å². The highest BCUT2D eigenvalue weighted by Gasteiger charge is 2.29. The molecule has 2 rings (SSSR count). The summed E-state index contributed by atoms with van der Waals surface area (Å²) in [7, 11) is 0. The van der Waals surface area contributed by atoms with Gasteiger partial charge in [0.2, 0.25) is 0 Å². The smallest absolute Gasteiger partial charge is 0.250 e. The lowest BCUT2D eigenvalue weighted by molar-refractivity contribution is 0.0999. The fourth-order valence-electron chi connectivity index (χ4n) is 2.13. The minimum absolute atomic E-state index is 0.356. The van der Waals surface area contributed by atoms with Crippen LogP contribution in [0.5, 0.6) is 0 Å². The molecule has 0 radical (unpaired) electrons. The molecule has 1 amide bonds. The van der Waals surface area contributed by atoms with Gasteiger partial charge in [-0.25, -0.2) is 4.98 Å². The first-order valence-electron chi connectivity index (χ1n) is 5.08. The van der Waals surface area contributed by atoms with Crippen LogP contribution in [0, 0.1) is 6.92 Å². The molecular formula is C11H15N3O. The van der Waals surface area contributed by atoms with E-state index < -0.39 is 5.91 Å². The predicted molar refractivity (Wildman–Crippen MR) is 59.0 cm³/mol. The minimum atomic E-state index is -0.408. The molecule has 0 unspecified atom stereocenters. The largest absolute Gasteiger partial charge is 0.367 e. The van der Waals surface area contributed by atoms with E-state index in [-0.39, 0.29) is 0 Å². The Labute approximate surface area is 88.9 Å². The summed E-state index contributed by atoms with van der Waals surface area (Å²) >= 11 is 0. The number of nitrogens with two attached hydrogens (primary N) is 1. The number of rotatable bonds is 1. The van der Waals surface area contributed by atoms with Crippen LogP contribution in [0.3, 0.4) is 0 Å². The van der Waals surface area contributed by atoms with Crippen molar-refractivity contribution < 1.29 is 4.79 Å². The molecule has 0 fully saturated rings. The van der Waals surface area contributed by atoms with Crippen molar-refractivity contribution in [3.05, 3.63) is 22.9 Å². The van der Waals surface area contributed by atoms with Gasteiger partial charge in [-0.05, 0) is 19.4 Å². The second-order valence-corrected chi connectivity index (χ2v) is 4.15. The maximum Gasteiger partial charge on any atom is 0.250 e. The molecule has 15 heavy (non-hydrogen) atoms. The highest BCUT2D eigenvalue weighted by Crippen LogP contribution is 2.37. The third-order valence-electron chi connectivity index (χ3n) is 3.22. The number of carbonyl (C=O) groups is 1. The molecule has 4 nitrogen and oxygen atoms in total. The number of carbonyl (C=O) groups excluding carboxylic acids is 1. The molecule has 2 heterocycles. The predicted octanol–water partition coefficient (Wildman–Crippen LogP) is 1.41. The van der Waals surface area contributed by atoms with Crippen LogP contribution in [-0.4, -0.2) is 16.9 Å². The van der Waals surface area contributed by atoms with Gasteiger partial charge in [-0.15, -0.1) is 0 Å². The first-order valence-corrected chi connectivity index (χ1v) is 5.08. The summed E-state index contributed by atoms with van der Waals surface area (Å²) in [5.41, 5.74) is 7.89. The van der Waals surface area contributed by atoms with E-state index in [4.69, 9.17) is 5.73 Å². The van der Waals surface area contributed by atoms with Gasteiger partial charge < -0.3 is 11.1 Å². The average Bonchev–Trinajstić information content (AvgIpc) is 2.43. The number of hydrogen-bond donors (Lipinski definition) is 2. The fraction of sp³-hybridized carbons (Fsp3) is 0.455. The number of hydrogen-bond acceptors (Lipinski definition) is 3. The van der Waals surface area contributed by atoms with Crippen molar-refractivity contribution in [1.82, 2.24) is 4.98 Å². The third kappa shape index (κ3) is 1.37. The van der Waals surface area contributed by atoms with Gasteiger partial charge in [0.25, 0.3) is 5.91 Å². The van der Waals surface area contributed by atoms with E-state index >= 15 is 0 Å². The molecule has 0 saturated heterocycles. The van der Waals surface area contributed by atoms with Crippen LogP contribution in [0.15, 0.2) is 6.20 Å². The molecule has 0 aromatic carbocycles. The Balaban J connectivity index is 2.59. The highest BCUT2D eigenvalue weighted by atomic mass is 16.1. The molecule has 0 bridgehead atoms. The Morgan fingerprint density at radius 3 is 2.80 bits per heavy atom. The van der Waals surface area contributed by atoms with Crippen LogP contribution >= 0.6 is 0 Å². The van der Waals surface area contributed by atoms with Crippen molar-refractivity contribution in [2.45, 2.75) is 32.7 Å². The van der Waals surface area contributed by atoms with E-state index in [1.807, 2.05) is 6.92 Å². The number of amides is 1. The normalized spacial score (nSPS) is 23.4. The number of primary amides is 1. The first kappa shape index (κ1) is 9.96. The number of pyridine rings is 1. The summed E-state index contributed by atoms with van der Waals surface area (Å²) in [4.78, 5) is 15.4. The summed E-state index contributed by atoms with van der Waals surface area (Å²) < 4.78 is 0. The summed E-state index contributed by atoms with van der Waals surface area (Å²) in [6, 6.07) is 0.356. The SMILES string of the molecule is Cc1c(C(N)=O)cnc2c1[C@H](C)[C@@H](C)N2. The molecule has 0 saturated carbocycles. The van der Waals surface area contributed by atoms with Crippen LogP contribution in [0.1, 0.15) is 41.3 Å². The molecule has 1 aliphatic rings. The van der Waals surface area contributed by atoms with Crippen molar-refractivity contribution >= 4 is 11.7 Å². The summed E-state index contributed by atoms with van der Waals surface area (Å²) in [5, 5.41) is 3.29. The Bertz CT molecular complexity index is 428. The molecule has 1 aromatic rings. The van der Waals surface area contributed by atoms with E-state index in [9.17, 15) is 4.79 Å². The van der Waals surface area contributed by atoms with Gasteiger partial charge in [0.15, 0.2) is 0 Å². The maximum atomic E-state index is 11.2. The first-order chi connectivity index (χ1) is 7.02. The topological polar surface area (TPSA) is 68.0 Å². The van der Waals surface area contributed by atoms with Gasteiger partial charge in [0.1, 0.15) is 5.82 Å². The van der Waals surface area contributed by atoms with Crippen molar-refractivity contribution in [3.8, 4) is 0 Å². The monoisotopic (exact) mass is 205 g/mol. The number of fused-ring (bicyclic) bond motifs is 1. The Morgan fingerprint density at radius 1 is 1.53 bits per heavy atom. The quantitative estimate of drug-likeness (QED) is 0.728. The molecule has 3 N–H and O–H groups in total. The lowest BCUT2D eigenvalue weighted by Crippen LogP contribution is -2.15. The standard InChI is InChI=1S/C11H15N3O/c1-5-7(3)14-11-9(5)6(2)8(4-13-11)10(12)15/h4-5,7H,1-3H3,(H2,12,15)(H,13,14)/t5-,7-/m1/s1. The van der Waals surface area contributed by atoms with Crippen LogP contribution in [-0.2, 0) is 0 Å². The van der Waals surface area contributed by atoms with Crippen molar-refractivity contribution in [2.75, 3.05) is 5.32 Å². The molecule has 80 valence electrons. The number of anilines is 1. The Morgan fingerprint density at radius 2 is 2.20 bits per heavy atom. The van der Waals surface area contributed by atoms with E-state index in [0.717, 1.165) is 16.9 Å². The zero-order valence-corrected chi connectivity index (χ0v) is 9.16. The van der Waals surface area contributed by atoms with Crippen LogP contribution < -0.4 is 11.1 Å². The number of nitrogens with zero attached hydrogens (tertiary/aromatic N) is 1. The summed E-state index contributed by atoms with van der Waals surface area (Å²) in [5.74, 6) is 0.846. The summed E-state index contributed by atoms with van der Waals surface area (Å²) in [6.07, 6.45) is 1.55. The molecule has 1 aromatic heterocycles. The Hall–Kier alpha value is -1.58. The second-order valence-electron chi connectivity index (χ2n) is 4.15. The lowest BCUT2D eigenvalue weighted by Gasteiger charge is -2.11. The van der Waals surface area contributed by atoms with Gasteiger partial charge in [-0.1, -0.05) is 6.92 Å². The number of aromatic nitrogens is 1. The molecule has 1 aliphatic heterocycles. The van der Waals surface area contributed by atoms with Crippen LogP contribution in [0.4, 0.5) is 5.82 Å². The summed E-state index contributed by atoms with van der Waals surface area (Å²) in [6.45, 7) is 6.16. The van der Waals surface area contributed by atoms with E-state index in [0.29, 0.717) is 17.5 Å². The third-order valence-corrected chi connectivity index (χ3v) is 3.22. The zero-order chi connectivity index (χ0) is 11.2. The highest BCUT2D eigenvalue weighted by molar-refractivity contribution is 5.95. The minimum Gasteiger partial charge on any atom is -0.367 e. The van der Waals surface area contributed by atoms with Gasteiger partial charge in [0, 0.05) is 23.7 Å². The van der Waals surface area contributed by atoms with Gasteiger partial charge in [-0.3, -0.25) is 4.79 Å². The maximum absolute atomic E-state index is 11.2. The Kier molecular flexibility index (Phi) is 2.14. The van der Waals surface area contributed by atoms with E-state index in [1.54, 1.807) is 6.20 Å². The van der Waals surface area contributed by atoms with Crippen molar-refractivity contribution in [1.29, 1.82) is 0 Å². The van der Waals surface area contributed by atoms with Crippen molar-refractivity contribution in [2.24, 2.45) is 5.73 Å². The second kappa shape index (κ2) is 3.22. The van der Waals surface area contributed by atoms with Gasteiger partial charge in [-0.2, -0.15) is 0 Å². The molecule has 0 aliphatic carbocycles. The van der Waals surface area contributed by atoms with Crippen LogP contribution in [0.25, 0.3) is 0 Å². The zero-order valence-electron chi connectivity index (χ0n) is 9.16. The number of nitrogens with one attached hydrogen (secondary N) is 1. The molecule has 2 atom stereocenters. The molecule has 4 heteroatoms. The molecule has 0 spiro atoms. The van der Waals surface area contributed by atoms with Crippen molar-refractivity contribution in [3.63, 3.8) is 0 Å². The molecular weight excluding hydrogens is 190 g/mol. The van der Waals surface area contributed by atoms with Crippen LogP contribution in [0.2, 0.25) is 0 Å². The lowest BCUT2D eigenvalue weighted by atomic mass is 9.93. The van der Waals surface area contributed by atoms with Gasteiger partial charge >= 0.3 is 0 Å².